The van der Waals surface area contributed by atoms with Gasteiger partial charge in [-0.3, -0.25) is 9.78 Å². The molecular weight excluding hydrogens is 409 g/mol. The van der Waals surface area contributed by atoms with E-state index in [1.807, 2.05) is 18.2 Å². The molecule has 0 bridgehead atoms. The summed E-state index contributed by atoms with van der Waals surface area (Å²) >= 11 is 0. The van der Waals surface area contributed by atoms with E-state index in [0.29, 0.717) is 11.3 Å². The molecular formula is C23H21F3N2O3. The van der Waals surface area contributed by atoms with Crippen molar-refractivity contribution in [3.05, 3.63) is 95.8 Å². The molecule has 0 aliphatic carbocycles. The van der Waals surface area contributed by atoms with Crippen molar-refractivity contribution in [2.45, 2.75) is 25.4 Å². The summed E-state index contributed by atoms with van der Waals surface area (Å²) in [6, 6.07) is 20.7. The first-order valence-corrected chi connectivity index (χ1v) is 9.53. The van der Waals surface area contributed by atoms with Crippen molar-refractivity contribution in [3.63, 3.8) is 0 Å². The number of carbonyl (C=O) groups is 1. The fourth-order valence-electron chi connectivity index (χ4n) is 2.80. The summed E-state index contributed by atoms with van der Waals surface area (Å²) in [5, 5.41) is 2.64. The Balaban J connectivity index is 1.61. The van der Waals surface area contributed by atoms with Crippen LogP contribution in [0.4, 0.5) is 13.2 Å². The first-order valence-electron chi connectivity index (χ1n) is 9.53. The molecule has 0 saturated carbocycles. The number of benzene rings is 2. The molecule has 0 radical (unpaired) electrons. The molecule has 5 nitrogen and oxygen atoms in total. The predicted molar refractivity (Wildman–Crippen MR) is 108 cm³/mol. The van der Waals surface area contributed by atoms with E-state index in [1.165, 1.54) is 0 Å². The molecule has 1 amide bonds. The van der Waals surface area contributed by atoms with E-state index >= 15 is 0 Å². The van der Waals surface area contributed by atoms with E-state index in [-0.39, 0.29) is 13.2 Å². The molecule has 0 spiro atoms. The summed E-state index contributed by atoms with van der Waals surface area (Å²) in [7, 11) is 0. The third-order valence-corrected chi connectivity index (χ3v) is 4.23. The highest BCUT2D eigenvalue weighted by molar-refractivity contribution is 5.82. The molecule has 0 aliphatic rings. The molecule has 1 N–H and O–H groups in total. The quantitative estimate of drug-likeness (QED) is 0.539. The van der Waals surface area contributed by atoms with Crippen molar-refractivity contribution in [1.82, 2.24) is 10.3 Å². The highest BCUT2D eigenvalue weighted by Crippen LogP contribution is 2.23. The van der Waals surface area contributed by atoms with Crippen LogP contribution in [0.5, 0.6) is 5.75 Å². The van der Waals surface area contributed by atoms with Gasteiger partial charge in [0.05, 0.1) is 5.69 Å². The second kappa shape index (κ2) is 10.6. The number of alkyl halides is 3. The van der Waals surface area contributed by atoms with Crippen LogP contribution in [0.2, 0.25) is 0 Å². The highest BCUT2D eigenvalue weighted by Gasteiger charge is 2.32. The number of hydrogen-bond donors (Lipinski definition) is 1. The summed E-state index contributed by atoms with van der Waals surface area (Å²) in [5.74, 6) is -0.0689. The van der Waals surface area contributed by atoms with Gasteiger partial charge in [-0.15, -0.1) is 0 Å². The van der Waals surface area contributed by atoms with Crippen molar-refractivity contribution in [2.75, 3.05) is 6.61 Å². The van der Waals surface area contributed by atoms with Crippen LogP contribution in [0.3, 0.4) is 0 Å². The Morgan fingerprint density at radius 2 is 1.77 bits per heavy atom. The van der Waals surface area contributed by atoms with Crippen LogP contribution in [0.1, 0.15) is 22.9 Å². The number of carbonyl (C=O) groups excluding carboxylic acids is 1. The van der Waals surface area contributed by atoms with Crippen LogP contribution in [-0.2, 0) is 22.7 Å². The van der Waals surface area contributed by atoms with Crippen molar-refractivity contribution in [2.24, 2.45) is 0 Å². The molecule has 0 aliphatic heterocycles. The number of nitrogens with one attached hydrogen (secondary N) is 1. The SMILES string of the molecule is O=C(NCc1cccc(OCc2ccccn2)c1)[C@H](OCC(F)(F)F)c1ccccc1. The number of hydrogen-bond acceptors (Lipinski definition) is 4. The molecule has 1 aromatic heterocycles. The summed E-state index contributed by atoms with van der Waals surface area (Å²) in [6.07, 6.45) is -4.23. The standard InChI is InChI=1S/C23H21F3N2O3/c24-23(25,26)16-31-21(18-8-2-1-3-9-18)22(29)28-14-17-7-6-11-20(13-17)30-15-19-10-4-5-12-27-19/h1-13,21H,14-16H2,(H,28,29)/t21-/m1/s1. The van der Waals surface area contributed by atoms with E-state index in [1.54, 1.807) is 60.8 Å². The average molecular weight is 430 g/mol. The van der Waals surface area contributed by atoms with Crippen molar-refractivity contribution in [1.29, 1.82) is 0 Å². The third-order valence-electron chi connectivity index (χ3n) is 4.23. The van der Waals surface area contributed by atoms with Crippen molar-refractivity contribution >= 4 is 5.91 Å². The second-order valence-corrected chi connectivity index (χ2v) is 6.69. The van der Waals surface area contributed by atoms with E-state index in [0.717, 1.165) is 11.3 Å². The Bertz CT molecular complexity index is 967. The molecule has 1 heterocycles. The smallest absolute Gasteiger partial charge is 0.411 e. The maximum Gasteiger partial charge on any atom is 0.411 e. The van der Waals surface area contributed by atoms with Crippen molar-refractivity contribution in [3.8, 4) is 5.75 Å². The lowest BCUT2D eigenvalue weighted by Gasteiger charge is -2.19. The molecule has 0 saturated heterocycles. The average Bonchev–Trinajstić information content (AvgIpc) is 2.77. The zero-order chi connectivity index (χ0) is 22.1. The van der Waals surface area contributed by atoms with Gasteiger partial charge >= 0.3 is 6.18 Å². The second-order valence-electron chi connectivity index (χ2n) is 6.69. The summed E-state index contributed by atoms with van der Waals surface area (Å²) in [5.41, 5.74) is 1.85. The number of halogens is 3. The first kappa shape index (κ1) is 22.3. The number of aromatic nitrogens is 1. The summed E-state index contributed by atoms with van der Waals surface area (Å²) in [4.78, 5) is 16.8. The Morgan fingerprint density at radius 3 is 2.48 bits per heavy atom. The molecule has 3 rings (SSSR count). The van der Waals surface area contributed by atoms with Gasteiger partial charge in [0, 0.05) is 12.7 Å². The monoisotopic (exact) mass is 430 g/mol. The Kier molecular flexibility index (Phi) is 7.61. The van der Waals surface area contributed by atoms with Crippen LogP contribution >= 0.6 is 0 Å². The lowest BCUT2D eigenvalue weighted by Crippen LogP contribution is -2.32. The lowest BCUT2D eigenvalue weighted by atomic mass is 10.1. The van der Waals surface area contributed by atoms with Gasteiger partial charge in [0.2, 0.25) is 0 Å². The van der Waals surface area contributed by atoms with Gasteiger partial charge in [0.25, 0.3) is 5.91 Å². The van der Waals surface area contributed by atoms with Gasteiger partial charge < -0.3 is 14.8 Å². The minimum absolute atomic E-state index is 0.109. The fraction of sp³-hybridized carbons (Fsp3) is 0.217. The Morgan fingerprint density at radius 1 is 1.00 bits per heavy atom. The molecule has 0 fully saturated rings. The lowest BCUT2D eigenvalue weighted by molar-refractivity contribution is -0.188. The van der Waals surface area contributed by atoms with Gasteiger partial charge in [-0.2, -0.15) is 13.2 Å². The van der Waals surface area contributed by atoms with Crippen LogP contribution < -0.4 is 10.1 Å². The molecule has 31 heavy (non-hydrogen) atoms. The van der Waals surface area contributed by atoms with E-state index in [9.17, 15) is 18.0 Å². The zero-order valence-electron chi connectivity index (χ0n) is 16.5. The van der Waals surface area contributed by atoms with Crippen LogP contribution in [0, 0.1) is 0 Å². The van der Waals surface area contributed by atoms with E-state index in [4.69, 9.17) is 9.47 Å². The predicted octanol–water partition coefficient (Wildman–Crippen LogP) is 4.60. The van der Waals surface area contributed by atoms with Gasteiger partial charge in [-0.25, -0.2) is 0 Å². The van der Waals surface area contributed by atoms with Crippen LogP contribution in [0.15, 0.2) is 79.0 Å². The fourth-order valence-corrected chi connectivity index (χ4v) is 2.80. The van der Waals surface area contributed by atoms with Crippen LogP contribution in [-0.4, -0.2) is 23.7 Å². The largest absolute Gasteiger partial charge is 0.487 e. The first-order chi connectivity index (χ1) is 14.9. The zero-order valence-corrected chi connectivity index (χ0v) is 16.5. The maximum atomic E-state index is 12.6. The highest BCUT2D eigenvalue weighted by atomic mass is 19.4. The topological polar surface area (TPSA) is 60.5 Å². The van der Waals surface area contributed by atoms with Gasteiger partial charge in [-0.1, -0.05) is 48.5 Å². The third kappa shape index (κ3) is 7.42. The Labute approximate surface area is 177 Å². The molecule has 8 heteroatoms. The molecule has 3 aromatic rings. The molecule has 2 aromatic carbocycles. The van der Waals surface area contributed by atoms with Gasteiger partial charge in [-0.05, 0) is 35.4 Å². The Hall–Kier alpha value is -3.39. The van der Waals surface area contributed by atoms with E-state index < -0.39 is 24.8 Å². The number of rotatable bonds is 9. The number of pyridine rings is 1. The minimum atomic E-state index is -4.54. The minimum Gasteiger partial charge on any atom is -0.487 e. The van der Waals surface area contributed by atoms with E-state index in [2.05, 4.69) is 10.3 Å². The van der Waals surface area contributed by atoms with Gasteiger partial charge in [0.15, 0.2) is 6.10 Å². The van der Waals surface area contributed by atoms with Crippen molar-refractivity contribution < 1.29 is 27.4 Å². The molecule has 1 atom stereocenters. The van der Waals surface area contributed by atoms with Gasteiger partial charge in [0.1, 0.15) is 19.0 Å². The maximum absolute atomic E-state index is 12.6. The summed E-state index contributed by atoms with van der Waals surface area (Å²) < 4.78 is 48.4. The number of nitrogens with zero attached hydrogens (tertiary/aromatic N) is 1. The molecule has 0 unspecified atom stereocenters. The van der Waals surface area contributed by atoms with Crippen LogP contribution in [0.25, 0.3) is 0 Å². The normalized spacial score (nSPS) is 12.2. The number of amides is 1. The molecule has 162 valence electrons. The summed E-state index contributed by atoms with van der Waals surface area (Å²) in [6.45, 7) is -1.12. The number of ether oxygens (including phenoxy) is 2.